The number of hydrogen-bond donors (Lipinski definition) is 1. The highest BCUT2D eigenvalue weighted by Gasteiger charge is 2.40. The number of nitrogens with zero attached hydrogens (tertiary/aromatic N) is 2. The lowest BCUT2D eigenvalue weighted by Crippen LogP contribution is -2.49. The van der Waals surface area contributed by atoms with Crippen molar-refractivity contribution in [3.8, 4) is 5.75 Å². The van der Waals surface area contributed by atoms with Crippen molar-refractivity contribution >= 4 is 29.9 Å². The Morgan fingerprint density at radius 3 is 2.76 bits per heavy atom. The van der Waals surface area contributed by atoms with Crippen molar-refractivity contribution in [3.05, 3.63) is 28.3 Å². The largest absolute Gasteiger partial charge is 0.482 e. The first-order valence-corrected chi connectivity index (χ1v) is 7.50. The Labute approximate surface area is 127 Å². The van der Waals surface area contributed by atoms with Crippen LogP contribution in [0, 0.1) is 15.5 Å². The van der Waals surface area contributed by atoms with Crippen LogP contribution in [0.25, 0.3) is 0 Å². The van der Waals surface area contributed by atoms with Crippen LogP contribution in [0.1, 0.15) is 19.3 Å². The number of hydrogen-bond acceptors (Lipinski definition) is 5. The van der Waals surface area contributed by atoms with Crippen LogP contribution in [0.15, 0.2) is 18.2 Å². The van der Waals surface area contributed by atoms with Gasteiger partial charge in [-0.2, -0.15) is 12.6 Å². The number of carbonyl (C=O) groups is 1. The van der Waals surface area contributed by atoms with Crippen LogP contribution < -0.4 is 9.64 Å². The average Bonchev–Trinajstić information content (AvgIpc) is 2.44. The highest BCUT2D eigenvalue weighted by atomic mass is 32.1. The molecule has 1 saturated carbocycles. The lowest BCUT2D eigenvalue weighted by Gasteiger charge is -2.45. The van der Waals surface area contributed by atoms with Gasteiger partial charge in [-0.05, 0) is 30.1 Å². The monoisotopic (exact) mass is 308 g/mol. The van der Waals surface area contributed by atoms with E-state index in [0.717, 1.165) is 19.3 Å². The minimum Gasteiger partial charge on any atom is -0.482 e. The van der Waals surface area contributed by atoms with E-state index in [-0.39, 0.29) is 23.6 Å². The number of nitro groups is 1. The number of amides is 1. The highest BCUT2D eigenvalue weighted by Crippen LogP contribution is 2.45. The van der Waals surface area contributed by atoms with Crippen LogP contribution in [-0.2, 0) is 4.79 Å². The molecule has 7 heteroatoms. The van der Waals surface area contributed by atoms with Crippen LogP contribution in [0.5, 0.6) is 5.75 Å². The molecule has 1 amide bonds. The van der Waals surface area contributed by atoms with E-state index < -0.39 is 4.92 Å². The second-order valence-electron chi connectivity index (χ2n) is 5.69. The van der Waals surface area contributed by atoms with Gasteiger partial charge in [0.2, 0.25) is 0 Å². The van der Waals surface area contributed by atoms with E-state index >= 15 is 0 Å². The number of non-ortho nitro benzene ring substituents is 1. The van der Waals surface area contributed by atoms with Gasteiger partial charge in [0.1, 0.15) is 5.75 Å². The van der Waals surface area contributed by atoms with Crippen LogP contribution in [0.2, 0.25) is 0 Å². The van der Waals surface area contributed by atoms with Gasteiger partial charge >= 0.3 is 0 Å². The van der Waals surface area contributed by atoms with Crippen LogP contribution in [0.4, 0.5) is 11.4 Å². The summed E-state index contributed by atoms with van der Waals surface area (Å²) in [5.74, 6) is 1.08. The van der Waals surface area contributed by atoms with Crippen molar-refractivity contribution in [1.82, 2.24) is 0 Å². The summed E-state index contributed by atoms with van der Waals surface area (Å²) in [6.45, 7) is 0.528. The standard InChI is InChI=1S/C14H16N2O4S/c17-13-7-20-12-3-2-10(16(18)19)6-11(12)15(13)8-14(9-21)4-1-5-14/h2-3,6,21H,1,4-5,7-9H2. The van der Waals surface area contributed by atoms with Gasteiger partial charge in [-0.3, -0.25) is 14.9 Å². The summed E-state index contributed by atoms with van der Waals surface area (Å²) in [5, 5.41) is 10.9. The Hall–Kier alpha value is -1.76. The maximum absolute atomic E-state index is 12.2. The van der Waals surface area contributed by atoms with E-state index in [1.165, 1.54) is 12.1 Å². The molecule has 1 aliphatic carbocycles. The first-order chi connectivity index (χ1) is 10.0. The average molecular weight is 308 g/mol. The van der Waals surface area contributed by atoms with E-state index in [1.54, 1.807) is 11.0 Å². The summed E-state index contributed by atoms with van der Waals surface area (Å²) in [6, 6.07) is 4.36. The maximum atomic E-state index is 12.2. The van der Waals surface area contributed by atoms with Gasteiger partial charge < -0.3 is 9.64 Å². The number of fused-ring (bicyclic) bond motifs is 1. The van der Waals surface area contributed by atoms with E-state index in [0.29, 0.717) is 23.7 Å². The van der Waals surface area contributed by atoms with Crippen molar-refractivity contribution < 1.29 is 14.5 Å². The van der Waals surface area contributed by atoms with E-state index in [9.17, 15) is 14.9 Å². The van der Waals surface area contributed by atoms with Gasteiger partial charge in [0.25, 0.3) is 11.6 Å². The highest BCUT2D eigenvalue weighted by molar-refractivity contribution is 7.80. The Morgan fingerprint density at radius 2 is 2.19 bits per heavy atom. The number of ether oxygens (including phenoxy) is 1. The molecule has 1 aliphatic heterocycles. The smallest absolute Gasteiger partial charge is 0.271 e. The number of rotatable bonds is 4. The van der Waals surface area contributed by atoms with Crippen LogP contribution >= 0.6 is 12.6 Å². The molecule has 0 aromatic heterocycles. The fourth-order valence-electron chi connectivity index (χ4n) is 2.86. The number of thiol groups is 1. The number of anilines is 1. The predicted octanol–water partition coefficient (Wildman–Crippen LogP) is 2.42. The fourth-order valence-corrected chi connectivity index (χ4v) is 3.27. The molecule has 1 aromatic carbocycles. The zero-order valence-corrected chi connectivity index (χ0v) is 12.3. The van der Waals surface area contributed by atoms with Gasteiger partial charge in [0.05, 0.1) is 10.6 Å². The minimum absolute atomic E-state index is 0.0204. The third-order valence-electron chi connectivity index (χ3n) is 4.34. The third kappa shape index (κ3) is 2.46. The Kier molecular flexibility index (Phi) is 3.52. The van der Waals surface area contributed by atoms with E-state index in [4.69, 9.17) is 4.74 Å². The summed E-state index contributed by atoms with van der Waals surface area (Å²) in [5.41, 5.74) is 0.483. The lowest BCUT2D eigenvalue weighted by atomic mass is 9.70. The SMILES string of the molecule is O=C1COc2ccc([N+](=O)[O-])cc2N1CC1(CS)CCC1. The molecule has 0 bridgehead atoms. The Balaban J connectivity index is 1.95. The summed E-state index contributed by atoms with van der Waals surface area (Å²) < 4.78 is 5.37. The van der Waals surface area contributed by atoms with Crippen LogP contribution in [0.3, 0.4) is 0 Å². The molecule has 0 unspecified atom stereocenters. The number of nitro benzene ring substituents is 1. The minimum atomic E-state index is -0.463. The molecule has 21 heavy (non-hydrogen) atoms. The second kappa shape index (κ2) is 5.22. The quantitative estimate of drug-likeness (QED) is 0.527. The van der Waals surface area contributed by atoms with Crippen molar-refractivity contribution in [1.29, 1.82) is 0 Å². The molecule has 0 radical (unpaired) electrons. The van der Waals surface area contributed by atoms with Crippen molar-refractivity contribution in [2.24, 2.45) is 5.41 Å². The summed E-state index contributed by atoms with van der Waals surface area (Å²) in [4.78, 5) is 24.3. The molecule has 0 atom stereocenters. The van der Waals surface area contributed by atoms with Gasteiger partial charge in [-0.25, -0.2) is 0 Å². The molecule has 1 fully saturated rings. The number of carbonyl (C=O) groups excluding carboxylic acids is 1. The zero-order valence-electron chi connectivity index (χ0n) is 11.4. The van der Waals surface area contributed by atoms with Gasteiger partial charge in [-0.1, -0.05) is 6.42 Å². The van der Waals surface area contributed by atoms with E-state index in [2.05, 4.69) is 12.6 Å². The predicted molar refractivity (Wildman–Crippen MR) is 81.1 cm³/mol. The maximum Gasteiger partial charge on any atom is 0.271 e. The lowest BCUT2D eigenvalue weighted by molar-refractivity contribution is -0.384. The third-order valence-corrected chi connectivity index (χ3v) is 5.01. The normalized spacial score (nSPS) is 19.5. The number of benzene rings is 1. The summed E-state index contributed by atoms with van der Waals surface area (Å²) >= 11 is 4.41. The first kappa shape index (κ1) is 14.2. The molecular weight excluding hydrogens is 292 g/mol. The van der Waals surface area contributed by atoms with Crippen molar-refractivity contribution in [2.75, 3.05) is 23.8 Å². The molecular formula is C14H16N2O4S. The Morgan fingerprint density at radius 1 is 1.43 bits per heavy atom. The van der Waals surface area contributed by atoms with Crippen molar-refractivity contribution in [3.63, 3.8) is 0 Å². The molecule has 6 nitrogen and oxygen atoms in total. The van der Waals surface area contributed by atoms with Gasteiger partial charge in [-0.15, -0.1) is 0 Å². The molecule has 3 rings (SSSR count). The molecule has 1 heterocycles. The Bertz CT molecular complexity index is 595. The van der Waals surface area contributed by atoms with Gasteiger partial charge in [0, 0.05) is 18.7 Å². The first-order valence-electron chi connectivity index (χ1n) is 6.87. The second-order valence-corrected chi connectivity index (χ2v) is 6.01. The molecule has 112 valence electrons. The zero-order chi connectivity index (χ0) is 15.0. The molecule has 0 saturated heterocycles. The molecule has 1 aromatic rings. The fraction of sp³-hybridized carbons (Fsp3) is 0.500. The summed E-state index contributed by atoms with van der Waals surface area (Å²) in [7, 11) is 0. The van der Waals surface area contributed by atoms with Crippen molar-refractivity contribution in [2.45, 2.75) is 19.3 Å². The van der Waals surface area contributed by atoms with Gasteiger partial charge in [0.15, 0.2) is 6.61 Å². The van der Waals surface area contributed by atoms with E-state index in [1.807, 2.05) is 0 Å². The molecule has 2 aliphatic rings. The molecule has 0 N–H and O–H groups in total. The van der Waals surface area contributed by atoms with Crippen LogP contribution in [-0.4, -0.2) is 29.7 Å². The topological polar surface area (TPSA) is 72.7 Å². The summed E-state index contributed by atoms with van der Waals surface area (Å²) in [6.07, 6.45) is 3.21. The molecule has 0 spiro atoms.